The number of hydrogen-bond acceptors (Lipinski definition) is 5. The summed E-state index contributed by atoms with van der Waals surface area (Å²) in [6, 6.07) is 8.64. The molecule has 0 aliphatic heterocycles. The molecular weight excluding hydrogens is 312 g/mol. The highest BCUT2D eigenvalue weighted by atomic mass is 32.2. The summed E-state index contributed by atoms with van der Waals surface area (Å²) in [5.74, 6) is 1.11. The van der Waals surface area contributed by atoms with E-state index in [0.717, 1.165) is 0 Å². The van der Waals surface area contributed by atoms with E-state index in [2.05, 4.69) is 9.71 Å². The third-order valence-corrected chi connectivity index (χ3v) is 3.46. The molecule has 0 saturated heterocycles. The van der Waals surface area contributed by atoms with Crippen LogP contribution in [0, 0.1) is 5.41 Å². The van der Waals surface area contributed by atoms with Crippen LogP contribution in [-0.4, -0.2) is 27.3 Å². The van der Waals surface area contributed by atoms with Crippen LogP contribution in [0.5, 0.6) is 5.75 Å². The van der Waals surface area contributed by atoms with Crippen LogP contribution in [-0.2, 0) is 11.0 Å². The lowest BCUT2D eigenvalue weighted by molar-refractivity contribution is 0.242. The topological polar surface area (TPSA) is 101 Å². The van der Waals surface area contributed by atoms with E-state index >= 15 is 0 Å². The van der Waals surface area contributed by atoms with Crippen LogP contribution in [0.4, 0.5) is 11.5 Å². The molecule has 0 bridgehead atoms. The zero-order valence-corrected chi connectivity index (χ0v) is 14.1. The van der Waals surface area contributed by atoms with E-state index in [9.17, 15) is 4.21 Å². The van der Waals surface area contributed by atoms with Gasteiger partial charge in [-0.25, -0.2) is 9.19 Å². The zero-order valence-electron chi connectivity index (χ0n) is 13.3. The molecule has 122 valence electrons. The predicted octanol–water partition coefficient (Wildman–Crippen LogP) is 2.57. The molecule has 2 rings (SSSR count). The van der Waals surface area contributed by atoms with E-state index in [4.69, 9.17) is 15.9 Å². The third kappa shape index (κ3) is 4.53. The fourth-order valence-corrected chi connectivity index (χ4v) is 2.45. The minimum absolute atomic E-state index is 0.0388. The summed E-state index contributed by atoms with van der Waals surface area (Å²) in [5, 5.41) is 8.40. The SMILES string of the molecule is CC(C)Oc1ccc(N)c(C(=N)c2ccnc(NS(C)=O)c2)c1. The van der Waals surface area contributed by atoms with Gasteiger partial charge in [0.2, 0.25) is 0 Å². The van der Waals surface area contributed by atoms with Gasteiger partial charge >= 0.3 is 0 Å². The molecule has 2 aromatic rings. The van der Waals surface area contributed by atoms with E-state index in [-0.39, 0.29) is 11.8 Å². The number of rotatable bonds is 6. The van der Waals surface area contributed by atoms with Crippen molar-refractivity contribution in [3.63, 3.8) is 0 Å². The largest absolute Gasteiger partial charge is 0.491 e. The lowest BCUT2D eigenvalue weighted by Gasteiger charge is -2.14. The van der Waals surface area contributed by atoms with Crippen LogP contribution in [0.1, 0.15) is 25.0 Å². The molecule has 23 heavy (non-hydrogen) atoms. The number of anilines is 2. The number of hydrogen-bond donors (Lipinski definition) is 3. The van der Waals surface area contributed by atoms with Gasteiger partial charge in [-0.15, -0.1) is 0 Å². The van der Waals surface area contributed by atoms with Gasteiger partial charge in [-0.2, -0.15) is 0 Å². The maximum Gasteiger partial charge on any atom is 0.138 e. The van der Waals surface area contributed by atoms with Gasteiger partial charge in [0, 0.05) is 29.3 Å². The second-order valence-electron chi connectivity index (χ2n) is 5.28. The Morgan fingerprint density at radius 2 is 2.09 bits per heavy atom. The smallest absolute Gasteiger partial charge is 0.138 e. The van der Waals surface area contributed by atoms with Crippen molar-refractivity contribution < 1.29 is 8.95 Å². The summed E-state index contributed by atoms with van der Waals surface area (Å²) in [6.45, 7) is 3.88. The maximum absolute atomic E-state index is 11.2. The third-order valence-electron chi connectivity index (χ3n) is 2.96. The molecular formula is C16H20N4O2S. The van der Waals surface area contributed by atoms with Gasteiger partial charge in [0.1, 0.15) is 22.6 Å². The Morgan fingerprint density at radius 1 is 1.35 bits per heavy atom. The van der Waals surface area contributed by atoms with Gasteiger partial charge in [-0.05, 0) is 44.2 Å². The minimum Gasteiger partial charge on any atom is -0.491 e. The van der Waals surface area contributed by atoms with Gasteiger partial charge in [-0.1, -0.05) is 0 Å². The average Bonchev–Trinajstić information content (AvgIpc) is 2.47. The van der Waals surface area contributed by atoms with Crippen LogP contribution in [0.2, 0.25) is 0 Å². The first-order valence-electron chi connectivity index (χ1n) is 7.08. The molecule has 0 amide bonds. The lowest BCUT2D eigenvalue weighted by Crippen LogP contribution is -2.10. The summed E-state index contributed by atoms with van der Waals surface area (Å²) in [6.07, 6.45) is 3.12. The number of benzene rings is 1. The highest BCUT2D eigenvalue weighted by Gasteiger charge is 2.12. The predicted molar refractivity (Wildman–Crippen MR) is 94.5 cm³/mol. The molecule has 6 nitrogen and oxygen atoms in total. The highest BCUT2D eigenvalue weighted by molar-refractivity contribution is 7.85. The summed E-state index contributed by atoms with van der Waals surface area (Å²) in [5.41, 5.74) is 7.96. The minimum atomic E-state index is -1.22. The van der Waals surface area contributed by atoms with Crippen LogP contribution in [0.25, 0.3) is 0 Å². The van der Waals surface area contributed by atoms with Crippen molar-refractivity contribution in [2.45, 2.75) is 20.0 Å². The van der Waals surface area contributed by atoms with Crippen molar-refractivity contribution in [1.29, 1.82) is 5.41 Å². The van der Waals surface area contributed by atoms with Gasteiger partial charge in [0.15, 0.2) is 0 Å². The van der Waals surface area contributed by atoms with E-state index in [1.165, 1.54) is 6.26 Å². The highest BCUT2D eigenvalue weighted by Crippen LogP contribution is 2.24. The molecule has 1 atom stereocenters. The molecule has 7 heteroatoms. The number of aromatic nitrogens is 1. The number of nitrogens with one attached hydrogen (secondary N) is 2. The molecule has 0 aliphatic carbocycles. The number of nitrogens with zero attached hydrogens (tertiary/aromatic N) is 1. The Hall–Kier alpha value is -2.41. The maximum atomic E-state index is 11.2. The molecule has 1 aromatic carbocycles. The van der Waals surface area contributed by atoms with Gasteiger partial charge in [0.05, 0.1) is 11.8 Å². The van der Waals surface area contributed by atoms with Crippen molar-refractivity contribution >= 4 is 28.2 Å². The molecule has 0 saturated carbocycles. The number of ether oxygens (including phenoxy) is 1. The molecule has 1 heterocycles. The first-order valence-corrected chi connectivity index (χ1v) is 8.64. The number of nitrogens with two attached hydrogens (primary N) is 1. The van der Waals surface area contributed by atoms with Crippen LogP contribution >= 0.6 is 0 Å². The number of nitrogen functional groups attached to an aromatic ring is 1. The fraction of sp³-hybridized carbons (Fsp3) is 0.250. The Kier molecular flexibility index (Phi) is 5.33. The monoisotopic (exact) mass is 332 g/mol. The summed E-state index contributed by atoms with van der Waals surface area (Å²) in [4.78, 5) is 4.08. The summed E-state index contributed by atoms with van der Waals surface area (Å²) < 4.78 is 19.6. The van der Waals surface area contributed by atoms with Crippen molar-refractivity contribution in [3.05, 3.63) is 47.7 Å². The molecule has 1 unspecified atom stereocenters. The van der Waals surface area contributed by atoms with Gasteiger partial charge in [0.25, 0.3) is 0 Å². The Bertz CT molecular complexity index is 747. The lowest BCUT2D eigenvalue weighted by atomic mass is 10.0. The average molecular weight is 332 g/mol. The first-order chi connectivity index (χ1) is 10.9. The standard InChI is InChI=1S/C16H20N4O2S/c1-10(2)22-12-4-5-14(17)13(9-12)16(18)11-6-7-19-15(8-11)20-23(3)21/h4-10,18H,17H2,1-3H3,(H,19,20). The van der Waals surface area contributed by atoms with Crippen molar-refractivity contribution in [1.82, 2.24) is 4.98 Å². The normalized spacial score (nSPS) is 12.0. The van der Waals surface area contributed by atoms with Gasteiger partial charge in [-0.3, -0.25) is 10.1 Å². The molecule has 0 spiro atoms. The fourth-order valence-electron chi connectivity index (χ4n) is 2.04. The van der Waals surface area contributed by atoms with Crippen molar-refractivity contribution in [2.75, 3.05) is 16.7 Å². The van der Waals surface area contributed by atoms with Crippen LogP contribution in [0.15, 0.2) is 36.5 Å². The van der Waals surface area contributed by atoms with E-state index in [1.807, 2.05) is 13.8 Å². The van der Waals surface area contributed by atoms with Crippen molar-refractivity contribution in [3.8, 4) is 5.75 Å². The molecule has 4 N–H and O–H groups in total. The van der Waals surface area contributed by atoms with Crippen LogP contribution in [0.3, 0.4) is 0 Å². The summed E-state index contributed by atoms with van der Waals surface area (Å²) in [7, 11) is -1.22. The Balaban J connectivity index is 2.34. The quantitative estimate of drug-likeness (QED) is 0.559. The molecule has 0 fully saturated rings. The van der Waals surface area contributed by atoms with Gasteiger partial charge < -0.3 is 10.5 Å². The second kappa shape index (κ2) is 7.23. The van der Waals surface area contributed by atoms with E-state index in [0.29, 0.717) is 28.4 Å². The van der Waals surface area contributed by atoms with E-state index in [1.54, 1.807) is 36.5 Å². The number of pyridine rings is 1. The zero-order chi connectivity index (χ0) is 17.0. The second-order valence-corrected chi connectivity index (χ2v) is 6.39. The molecule has 1 aromatic heterocycles. The Labute approximate surface area is 138 Å². The molecule has 0 aliphatic rings. The van der Waals surface area contributed by atoms with Crippen LogP contribution < -0.4 is 15.2 Å². The summed E-state index contributed by atoms with van der Waals surface area (Å²) >= 11 is 0. The van der Waals surface area contributed by atoms with E-state index < -0.39 is 11.0 Å². The Morgan fingerprint density at radius 3 is 2.74 bits per heavy atom. The first kappa shape index (κ1) is 17.0. The molecule has 0 radical (unpaired) electrons. The van der Waals surface area contributed by atoms with Crippen molar-refractivity contribution in [2.24, 2.45) is 0 Å².